The molecule has 15 heavy (non-hydrogen) atoms. The van der Waals surface area contributed by atoms with E-state index in [1.54, 1.807) is 4.68 Å². The summed E-state index contributed by atoms with van der Waals surface area (Å²) in [7, 11) is 1.82. The van der Waals surface area contributed by atoms with Crippen LogP contribution in [-0.4, -0.2) is 21.5 Å². The number of carbonyl (C=O) groups is 2. The van der Waals surface area contributed by atoms with Gasteiger partial charge in [-0.3, -0.25) is 14.3 Å². The zero-order valence-electron chi connectivity index (χ0n) is 9.37. The summed E-state index contributed by atoms with van der Waals surface area (Å²) in [5, 5.41) is 6.77. The van der Waals surface area contributed by atoms with E-state index in [1.165, 1.54) is 6.92 Å². The molecular weight excluding hydrogens is 194 g/mol. The van der Waals surface area contributed by atoms with E-state index in [9.17, 15) is 9.59 Å². The summed E-state index contributed by atoms with van der Waals surface area (Å²) in [4.78, 5) is 21.9. The average molecular weight is 209 g/mol. The number of nitrogens with one attached hydrogen (secondary N) is 1. The predicted molar refractivity (Wildman–Crippen MR) is 55.2 cm³/mol. The van der Waals surface area contributed by atoms with Gasteiger partial charge in [-0.25, -0.2) is 0 Å². The SMILES string of the molecule is CC(=O)C(=O)NC(C)c1cn(C)nc1C. The van der Waals surface area contributed by atoms with Crippen molar-refractivity contribution in [1.82, 2.24) is 15.1 Å². The quantitative estimate of drug-likeness (QED) is 0.737. The lowest BCUT2D eigenvalue weighted by molar-refractivity contribution is -0.137. The lowest BCUT2D eigenvalue weighted by atomic mass is 10.1. The Morgan fingerprint density at radius 3 is 2.53 bits per heavy atom. The standard InChI is InChI=1S/C10H15N3O2/c1-6(11-10(15)8(3)14)9-5-13(4)12-7(9)2/h5-6H,1-4H3,(H,11,15). The number of Topliss-reactive ketones (excluding diaryl/α,β-unsaturated/α-hetero) is 1. The Labute approximate surface area is 88.5 Å². The Bertz CT molecular complexity index is 395. The minimum atomic E-state index is -0.564. The summed E-state index contributed by atoms with van der Waals surface area (Å²) < 4.78 is 1.68. The van der Waals surface area contributed by atoms with E-state index in [2.05, 4.69) is 10.4 Å². The molecule has 1 N–H and O–H groups in total. The third-order valence-corrected chi connectivity index (χ3v) is 2.19. The van der Waals surface area contributed by atoms with Crippen LogP contribution in [0, 0.1) is 6.92 Å². The highest BCUT2D eigenvalue weighted by Crippen LogP contribution is 2.15. The molecule has 1 atom stereocenters. The maximum Gasteiger partial charge on any atom is 0.287 e. The molecule has 1 rings (SSSR count). The molecule has 0 spiro atoms. The summed E-state index contributed by atoms with van der Waals surface area (Å²) in [6, 6.07) is -0.199. The van der Waals surface area contributed by atoms with E-state index < -0.39 is 11.7 Å². The molecule has 0 aliphatic rings. The molecule has 0 saturated carbocycles. The lowest BCUT2D eigenvalue weighted by Crippen LogP contribution is -2.31. The number of rotatable bonds is 3. The van der Waals surface area contributed by atoms with Crippen LogP contribution in [0.2, 0.25) is 0 Å². The van der Waals surface area contributed by atoms with Gasteiger partial charge < -0.3 is 5.32 Å². The van der Waals surface area contributed by atoms with E-state index in [1.807, 2.05) is 27.1 Å². The van der Waals surface area contributed by atoms with Gasteiger partial charge in [-0.05, 0) is 13.8 Å². The first-order valence-corrected chi connectivity index (χ1v) is 4.73. The van der Waals surface area contributed by atoms with Crippen LogP contribution in [0.25, 0.3) is 0 Å². The zero-order chi connectivity index (χ0) is 11.6. The Hall–Kier alpha value is -1.65. The second-order valence-corrected chi connectivity index (χ2v) is 3.59. The summed E-state index contributed by atoms with van der Waals surface area (Å²) >= 11 is 0. The molecule has 0 fully saturated rings. The Kier molecular flexibility index (Phi) is 3.24. The van der Waals surface area contributed by atoms with Crippen LogP contribution in [0.1, 0.15) is 31.1 Å². The minimum Gasteiger partial charge on any atom is -0.343 e. The van der Waals surface area contributed by atoms with E-state index in [4.69, 9.17) is 0 Å². The molecule has 5 nitrogen and oxygen atoms in total. The Morgan fingerprint density at radius 1 is 1.53 bits per heavy atom. The highest BCUT2D eigenvalue weighted by atomic mass is 16.2. The first-order valence-electron chi connectivity index (χ1n) is 4.73. The van der Waals surface area contributed by atoms with E-state index in [0.717, 1.165) is 11.3 Å². The fraction of sp³-hybridized carbons (Fsp3) is 0.500. The number of hydrogen-bond donors (Lipinski definition) is 1. The largest absolute Gasteiger partial charge is 0.343 e. The van der Waals surface area contributed by atoms with Crippen molar-refractivity contribution in [1.29, 1.82) is 0 Å². The van der Waals surface area contributed by atoms with Gasteiger partial charge in [0, 0.05) is 25.7 Å². The second kappa shape index (κ2) is 4.25. The summed E-state index contributed by atoms with van der Waals surface area (Å²) in [6.45, 7) is 4.94. The highest BCUT2D eigenvalue weighted by molar-refractivity contribution is 6.35. The van der Waals surface area contributed by atoms with Crippen LogP contribution in [0.15, 0.2) is 6.20 Å². The minimum absolute atomic E-state index is 0.199. The van der Waals surface area contributed by atoms with Crippen LogP contribution in [0.3, 0.4) is 0 Å². The van der Waals surface area contributed by atoms with Crippen LogP contribution < -0.4 is 5.32 Å². The van der Waals surface area contributed by atoms with Crippen molar-refractivity contribution >= 4 is 11.7 Å². The van der Waals surface area contributed by atoms with Crippen molar-refractivity contribution in [2.24, 2.45) is 7.05 Å². The number of nitrogens with zero attached hydrogens (tertiary/aromatic N) is 2. The van der Waals surface area contributed by atoms with Crippen LogP contribution in [-0.2, 0) is 16.6 Å². The average Bonchev–Trinajstić information content (AvgIpc) is 2.44. The van der Waals surface area contributed by atoms with Crippen molar-refractivity contribution in [3.63, 3.8) is 0 Å². The number of amides is 1. The molecule has 0 aliphatic carbocycles. The lowest BCUT2D eigenvalue weighted by Gasteiger charge is -2.11. The van der Waals surface area contributed by atoms with Gasteiger partial charge in [0.1, 0.15) is 0 Å². The highest BCUT2D eigenvalue weighted by Gasteiger charge is 2.16. The topological polar surface area (TPSA) is 64.0 Å². The van der Waals surface area contributed by atoms with Gasteiger partial charge in [-0.2, -0.15) is 5.10 Å². The van der Waals surface area contributed by atoms with Gasteiger partial charge in [-0.1, -0.05) is 0 Å². The van der Waals surface area contributed by atoms with E-state index in [-0.39, 0.29) is 6.04 Å². The molecule has 1 unspecified atom stereocenters. The monoisotopic (exact) mass is 209 g/mol. The predicted octanol–water partition coefficient (Wildman–Crippen LogP) is 0.495. The molecule has 1 aromatic heterocycles. The van der Waals surface area contributed by atoms with Gasteiger partial charge in [0.2, 0.25) is 5.78 Å². The summed E-state index contributed by atoms with van der Waals surface area (Å²) in [6.07, 6.45) is 1.83. The Morgan fingerprint density at radius 2 is 2.13 bits per heavy atom. The van der Waals surface area contributed by atoms with Crippen molar-refractivity contribution in [3.05, 3.63) is 17.5 Å². The maximum atomic E-state index is 11.2. The molecule has 0 aliphatic heterocycles. The van der Waals surface area contributed by atoms with Crippen LogP contribution in [0.5, 0.6) is 0 Å². The smallest absolute Gasteiger partial charge is 0.287 e. The maximum absolute atomic E-state index is 11.2. The van der Waals surface area contributed by atoms with Crippen LogP contribution in [0.4, 0.5) is 0 Å². The third kappa shape index (κ3) is 2.65. The molecule has 0 saturated heterocycles. The molecule has 1 heterocycles. The van der Waals surface area contributed by atoms with Gasteiger partial charge in [0.25, 0.3) is 5.91 Å². The molecule has 1 amide bonds. The third-order valence-electron chi connectivity index (χ3n) is 2.19. The van der Waals surface area contributed by atoms with Gasteiger partial charge in [-0.15, -0.1) is 0 Å². The molecular formula is C10H15N3O2. The zero-order valence-corrected chi connectivity index (χ0v) is 9.37. The van der Waals surface area contributed by atoms with Crippen molar-refractivity contribution < 1.29 is 9.59 Å². The van der Waals surface area contributed by atoms with Crippen LogP contribution >= 0.6 is 0 Å². The molecule has 5 heteroatoms. The molecule has 0 bridgehead atoms. The molecule has 1 aromatic rings. The molecule has 0 aromatic carbocycles. The normalized spacial score (nSPS) is 12.3. The van der Waals surface area contributed by atoms with E-state index >= 15 is 0 Å². The Balaban J connectivity index is 2.77. The van der Waals surface area contributed by atoms with Crippen molar-refractivity contribution in [2.75, 3.05) is 0 Å². The van der Waals surface area contributed by atoms with Crippen molar-refractivity contribution in [2.45, 2.75) is 26.8 Å². The number of carbonyl (C=O) groups excluding carboxylic acids is 2. The van der Waals surface area contributed by atoms with Gasteiger partial charge in [0.05, 0.1) is 11.7 Å². The molecule has 82 valence electrons. The number of ketones is 1. The van der Waals surface area contributed by atoms with E-state index in [0.29, 0.717) is 0 Å². The van der Waals surface area contributed by atoms with Crippen molar-refractivity contribution in [3.8, 4) is 0 Å². The first kappa shape index (κ1) is 11.4. The van der Waals surface area contributed by atoms with Gasteiger partial charge in [0.15, 0.2) is 0 Å². The number of hydrogen-bond acceptors (Lipinski definition) is 3. The summed E-state index contributed by atoms with van der Waals surface area (Å²) in [5.74, 6) is -1.05. The second-order valence-electron chi connectivity index (χ2n) is 3.59. The fourth-order valence-corrected chi connectivity index (χ4v) is 1.42. The molecule has 0 radical (unpaired) electrons. The number of aryl methyl sites for hydroxylation is 2. The summed E-state index contributed by atoms with van der Waals surface area (Å²) in [5.41, 5.74) is 1.78. The number of aromatic nitrogens is 2. The fourth-order valence-electron chi connectivity index (χ4n) is 1.42. The van der Waals surface area contributed by atoms with Gasteiger partial charge >= 0.3 is 0 Å². The first-order chi connectivity index (χ1) is 6.91.